The van der Waals surface area contributed by atoms with Crippen LogP contribution in [0, 0.1) is 0 Å². The van der Waals surface area contributed by atoms with Crippen LogP contribution in [0.4, 0.5) is 0 Å². The van der Waals surface area contributed by atoms with Crippen molar-refractivity contribution in [3.05, 3.63) is 49.1 Å². The van der Waals surface area contributed by atoms with Gasteiger partial charge in [0.25, 0.3) is 0 Å². The molecule has 0 radical (unpaired) electrons. The smallest absolute Gasteiger partial charge is 0.205 e. The maximum Gasteiger partial charge on any atom is 0.205 e. The lowest BCUT2D eigenvalue weighted by atomic mass is 10.1. The molecule has 0 saturated heterocycles. The Morgan fingerprint density at radius 1 is 1.25 bits per heavy atom. The monoisotopic (exact) mass is 220 g/mol. The minimum atomic E-state index is 0.528. The molecule has 0 aliphatic carbocycles. The molecule has 0 heterocycles. The Kier molecular flexibility index (Phi) is 16.5. The summed E-state index contributed by atoms with van der Waals surface area (Å²) in [4.78, 5) is 8.99. The molecule has 0 aliphatic rings. The number of hydrogen-bond donors (Lipinski definition) is 1. The number of nitrogens with two attached hydrogens (primary N) is 1. The predicted molar refractivity (Wildman–Crippen MR) is 70.4 cm³/mol. The largest absolute Gasteiger partial charge is 0.292 e. The highest BCUT2D eigenvalue weighted by Crippen LogP contribution is 2.03. The van der Waals surface area contributed by atoms with Gasteiger partial charge in [-0.25, -0.2) is 0 Å². The van der Waals surface area contributed by atoms with Crippen LogP contribution in [0.25, 0.3) is 0 Å². The van der Waals surface area contributed by atoms with Crippen molar-refractivity contribution in [2.45, 2.75) is 26.2 Å². The Balaban J connectivity index is 0. The first-order valence-electron chi connectivity index (χ1n) is 5.37. The first-order chi connectivity index (χ1) is 7.85. The van der Waals surface area contributed by atoms with Crippen LogP contribution in [0.3, 0.4) is 0 Å². The second kappa shape index (κ2) is 15.8. The molecule has 2 N–H and O–H groups in total. The van der Waals surface area contributed by atoms with Gasteiger partial charge in [-0.05, 0) is 18.4 Å². The average Bonchev–Trinajstić information content (AvgIpc) is 2.40. The first-order valence-corrected chi connectivity index (χ1v) is 5.37. The maximum atomic E-state index is 8.99. The molecule has 2 heteroatoms. The van der Waals surface area contributed by atoms with E-state index in [9.17, 15) is 0 Å². The van der Waals surface area contributed by atoms with E-state index in [0.717, 1.165) is 6.21 Å². The zero-order chi connectivity index (χ0) is 12.6. The van der Waals surface area contributed by atoms with Gasteiger partial charge in [-0.3, -0.25) is 10.2 Å². The summed E-state index contributed by atoms with van der Waals surface area (Å²) in [6, 6.07) is 10.6. The van der Waals surface area contributed by atoms with Gasteiger partial charge < -0.3 is 0 Å². The number of benzene rings is 1. The number of rotatable bonds is 4. The number of carbonyl (C=O) groups excluding carboxylic acids is 1. The minimum Gasteiger partial charge on any atom is -0.292 e. The van der Waals surface area contributed by atoms with E-state index in [2.05, 4.69) is 55.8 Å². The van der Waals surface area contributed by atoms with E-state index in [1.54, 1.807) is 0 Å². The SMILES string of the molecule is C=C.CCCCc1ccccc1.[NH2+]=CC=O. The van der Waals surface area contributed by atoms with Crippen LogP contribution in [0.2, 0.25) is 0 Å². The molecule has 1 aromatic carbocycles. The molecule has 0 amide bonds. The van der Waals surface area contributed by atoms with Gasteiger partial charge in [0.05, 0.1) is 0 Å². The lowest BCUT2D eigenvalue weighted by Gasteiger charge is -1.96. The van der Waals surface area contributed by atoms with E-state index in [1.807, 2.05) is 0 Å². The van der Waals surface area contributed by atoms with Crippen molar-refractivity contribution in [1.82, 2.24) is 0 Å². The topological polar surface area (TPSA) is 42.7 Å². The highest BCUT2D eigenvalue weighted by Gasteiger charge is 1.87. The average molecular weight is 220 g/mol. The van der Waals surface area contributed by atoms with Crippen molar-refractivity contribution < 1.29 is 10.2 Å². The number of unbranched alkanes of at least 4 members (excludes halogenated alkanes) is 1. The van der Waals surface area contributed by atoms with Crippen LogP contribution in [0.5, 0.6) is 0 Å². The Morgan fingerprint density at radius 2 is 1.75 bits per heavy atom. The van der Waals surface area contributed by atoms with E-state index < -0.39 is 0 Å². The van der Waals surface area contributed by atoms with Gasteiger partial charge in [-0.15, -0.1) is 13.2 Å². The zero-order valence-corrected chi connectivity index (χ0v) is 10.1. The standard InChI is InChI=1S/C10H14.C2H3NO.C2H4/c1-2-3-7-10-8-5-4-6-9-10;3-1-2-4;1-2/h4-6,8-9H,2-3,7H2,1H3;1-3H;1-2H2/p+1. The number of aldehydes is 1. The number of aryl methyl sites for hydroxylation is 1. The Bertz CT molecular complexity index is 251. The molecule has 1 rings (SSSR count). The Morgan fingerprint density at radius 3 is 2.12 bits per heavy atom. The summed E-state index contributed by atoms with van der Waals surface area (Å²) < 4.78 is 0. The zero-order valence-electron chi connectivity index (χ0n) is 10.1. The van der Waals surface area contributed by atoms with Crippen LogP contribution in [0.15, 0.2) is 43.5 Å². The molecule has 88 valence electrons. The third kappa shape index (κ3) is 12.3. The van der Waals surface area contributed by atoms with Crippen molar-refractivity contribution >= 4 is 12.5 Å². The van der Waals surface area contributed by atoms with Crippen molar-refractivity contribution in [3.63, 3.8) is 0 Å². The van der Waals surface area contributed by atoms with Crippen LogP contribution in [-0.2, 0) is 11.2 Å². The fourth-order valence-corrected chi connectivity index (χ4v) is 1.03. The molecule has 0 fully saturated rings. The minimum absolute atomic E-state index is 0.528. The van der Waals surface area contributed by atoms with Crippen LogP contribution in [-0.4, -0.2) is 12.5 Å². The van der Waals surface area contributed by atoms with Gasteiger partial charge in [-0.1, -0.05) is 43.7 Å². The Labute approximate surface area is 98.5 Å². The summed E-state index contributed by atoms with van der Waals surface area (Å²) in [5, 5.41) is 4.53. The lowest BCUT2D eigenvalue weighted by Crippen LogP contribution is -2.29. The van der Waals surface area contributed by atoms with Crippen molar-refractivity contribution in [2.24, 2.45) is 0 Å². The predicted octanol–water partition coefficient (Wildman–Crippen LogP) is 1.85. The molecule has 16 heavy (non-hydrogen) atoms. The first kappa shape index (κ1) is 16.7. The maximum absolute atomic E-state index is 8.99. The fraction of sp³-hybridized carbons (Fsp3) is 0.286. The van der Waals surface area contributed by atoms with Crippen molar-refractivity contribution in [1.29, 1.82) is 0 Å². The fourth-order valence-electron chi connectivity index (χ4n) is 1.03. The van der Waals surface area contributed by atoms with E-state index in [-0.39, 0.29) is 0 Å². The number of carbonyl (C=O) groups is 1. The molecule has 2 nitrogen and oxygen atoms in total. The van der Waals surface area contributed by atoms with E-state index in [1.165, 1.54) is 24.8 Å². The van der Waals surface area contributed by atoms with E-state index in [0.29, 0.717) is 6.29 Å². The van der Waals surface area contributed by atoms with Gasteiger partial charge in [0.2, 0.25) is 6.29 Å². The van der Waals surface area contributed by atoms with Crippen molar-refractivity contribution in [3.8, 4) is 0 Å². The quantitative estimate of drug-likeness (QED) is 0.469. The summed E-state index contributed by atoms with van der Waals surface area (Å²) in [5.41, 5.74) is 1.46. The van der Waals surface area contributed by atoms with Gasteiger partial charge in [0.15, 0.2) is 6.21 Å². The van der Waals surface area contributed by atoms with E-state index in [4.69, 9.17) is 4.79 Å². The molecule has 0 spiro atoms. The summed E-state index contributed by atoms with van der Waals surface area (Å²) in [5.74, 6) is 0. The lowest BCUT2D eigenvalue weighted by molar-refractivity contribution is -0.122. The van der Waals surface area contributed by atoms with Crippen molar-refractivity contribution in [2.75, 3.05) is 0 Å². The van der Waals surface area contributed by atoms with Gasteiger partial charge >= 0.3 is 0 Å². The second-order valence-corrected chi connectivity index (χ2v) is 2.92. The second-order valence-electron chi connectivity index (χ2n) is 2.92. The van der Waals surface area contributed by atoms with Crippen LogP contribution in [0.1, 0.15) is 25.3 Å². The third-order valence-corrected chi connectivity index (χ3v) is 1.74. The van der Waals surface area contributed by atoms with E-state index >= 15 is 0 Å². The molecule has 0 aliphatic heterocycles. The van der Waals surface area contributed by atoms with Crippen LogP contribution >= 0.6 is 0 Å². The summed E-state index contributed by atoms with van der Waals surface area (Å²) >= 11 is 0. The third-order valence-electron chi connectivity index (χ3n) is 1.74. The normalized spacial score (nSPS) is 7.56. The number of hydrogen-bond acceptors (Lipinski definition) is 1. The molecule has 1 aromatic rings. The molecular weight excluding hydrogens is 198 g/mol. The highest BCUT2D eigenvalue weighted by atomic mass is 16.1. The van der Waals surface area contributed by atoms with Gasteiger partial charge in [-0.2, -0.15) is 0 Å². The molecule has 0 unspecified atom stereocenters. The summed E-state index contributed by atoms with van der Waals surface area (Å²) in [7, 11) is 0. The Hall–Kier alpha value is -1.70. The van der Waals surface area contributed by atoms with Crippen LogP contribution < -0.4 is 5.41 Å². The van der Waals surface area contributed by atoms with Gasteiger partial charge in [0.1, 0.15) is 0 Å². The summed E-state index contributed by atoms with van der Waals surface area (Å²) in [6.45, 7) is 8.23. The molecule has 0 bridgehead atoms. The molecular formula is C14H22NO+. The highest BCUT2D eigenvalue weighted by molar-refractivity contribution is 6.09. The molecule has 0 atom stereocenters. The molecule has 0 aromatic heterocycles. The van der Waals surface area contributed by atoms with Gasteiger partial charge in [0, 0.05) is 0 Å². The summed E-state index contributed by atoms with van der Waals surface area (Å²) in [6.07, 6.45) is 5.30. The molecule has 0 saturated carbocycles.